The van der Waals surface area contributed by atoms with Gasteiger partial charge in [-0.25, -0.2) is 9.59 Å². The summed E-state index contributed by atoms with van der Waals surface area (Å²) in [7, 11) is 1.17. The maximum atomic E-state index is 11.7. The van der Waals surface area contributed by atoms with E-state index >= 15 is 0 Å². The molecular formula is C10H17N3O6. The molecule has 0 aliphatic rings. The Morgan fingerprint density at radius 3 is 2.32 bits per heavy atom. The minimum absolute atomic E-state index is 0.170. The van der Waals surface area contributed by atoms with Gasteiger partial charge in [0.2, 0.25) is 5.91 Å². The molecule has 9 heteroatoms. The average molecular weight is 275 g/mol. The van der Waals surface area contributed by atoms with Gasteiger partial charge in [0.1, 0.15) is 12.6 Å². The number of methoxy groups -OCH3 is 1. The summed E-state index contributed by atoms with van der Waals surface area (Å²) in [6, 6.07) is -2.22. The van der Waals surface area contributed by atoms with Crippen LogP contribution in [0.25, 0.3) is 0 Å². The van der Waals surface area contributed by atoms with Crippen LogP contribution in [0.15, 0.2) is 0 Å². The Bertz CT molecular complexity index is 370. The van der Waals surface area contributed by atoms with Crippen LogP contribution < -0.4 is 11.1 Å². The van der Waals surface area contributed by atoms with E-state index in [2.05, 4.69) is 10.1 Å². The first-order valence-electron chi connectivity index (χ1n) is 5.45. The van der Waals surface area contributed by atoms with E-state index in [1.807, 2.05) is 0 Å². The summed E-state index contributed by atoms with van der Waals surface area (Å²) in [6.45, 7) is 1.46. The van der Waals surface area contributed by atoms with Crippen molar-refractivity contribution in [3.8, 4) is 0 Å². The topological polar surface area (TPSA) is 139 Å². The van der Waals surface area contributed by atoms with Crippen LogP contribution >= 0.6 is 0 Å². The van der Waals surface area contributed by atoms with Crippen LogP contribution in [0.1, 0.15) is 13.3 Å². The number of primary amides is 1. The molecule has 0 saturated carbocycles. The van der Waals surface area contributed by atoms with Crippen LogP contribution in [0.5, 0.6) is 0 Å². The molecule has 0 heterocycles. The minimum atomic E-state index is -1.43. The Morgan fingerprint density at radius 1 is 1.37 bits per heavy atom. The Kier molecular flexibility index (Phi) is 6.94. The number of esters is 1. The Labute approximate surface area is 109 Å². The van der Waals surface area contributed by atoms with Gasteiger partial charge in [-0.15, -0.1) is 0 Å². The van der Waals surface area contributed by atoms with Gasteiger partial charge in [0.15, 0.2) is 0 Å². The van der Waals surface area contributed by atoms with Crippen LogP contribution in [-0.2, 0) is 19.1 Å². The molecule has 0 aliphatic carbocycles. The first-order valence-corrected chi connectivity index (χ1v) is 5.45. The number of nitrogens with two attached hydrogens (primary N) is 1. The van der Waals surface area contributed by atoms with Crippen molar-refractivity contribution in [1.82, 2.24) is 10.2 Å². The predicted octanol–water partition coefficient (Wildman–Crippen LogP) is -1.48. The maximum Gasteiger partial charge on any atom is 0.326 e. The normalized spacial score (nSPS) is 11.3. The second-order valence-electron chi connectivity index (χ2n) is 3.60. The highest BCUT2D eigenvalue weighted by Gasteiger charge is 2.25. The number of amides is 3. The lowest BCUT2D eigenvalue weighted by molar-refractivity contribution is -0.141. The maximum absolute atomic E-state index is 11.7. The quantitative estimate of drug-likeness (QED) is 0.484. The number of nitrogens with zero attached hydrogens (tertiary/aromatic N) is 1. The molecule has 3 amide bonds. The fourth-order valence-electron chi connectivity index (χ4n) is 1.19. The summed E-state index contributed by atoms with van der Waals surface area (Å²) >= 11 is 0. The number of carbonyl (C=O) groups is 4. The Hall–Kier alpha value is -2.32. The van der Waals surface area contributed by atoms with Gasteiger partial charge in [-0.1, -0.05) is 0 Å². The zero-order valence-corrected chi connectivity index (χ0v) is 10.7. The Balaban J connectivity index is 4.63. The molecule has 0 aliphatic heterocycles. The van der Waals surface area contributed by atoms with E-state index in [1.165, 1.54) is 7.11 Å². The molecular weight excluding hydrogens is 258 g/mol. The number of urea groups is 1. The summed E-state index contributed by atoms with van der Waals surface area (Å²) in [6.07, 6.45) is -0.531. The number of hydrogen-bond donors (Lipinski definition) is 3. The molecule has 9 nitrogen and oxygen atoms in total. The van der Waals surface area contributed by atoms with Crippen LogP contribution in [-0.4, -0.2) is 60.1 Å². The highest BCUT2D eigenvalue weighted by Crippen LogP contribution is 1.96. The smallest absolute Gasteiger partial charge is 0.326 e. The fraction of sp³-hybridized carbons (Fsp3) is 0.600. The van der Waals surface area contributed by atoms with Crippen molar-refractivity contribution in [2.45, 2.75) is 19.4 Å². The summed E-state index contributed by atoms with van der Waals surface area (Å²) in [5.41, 5.74) is 4.88. The van der Waals surface area contributed by atoms with Gasteiger partial charge in [0.05, 0.1) is 13.5 Å². The molecule has 0 bridgehead atoms. The number of rotatable bonds is 7. The van der Waals surface area contributed by atoms with Gasteiger partial charge in [-0.05, 0) is 6.92 Å². The van der Waals surface area contributed by atoms with E-state index in [4.69, 9.17) is 10.8 Å². The molecule has 0 aromatic heterocycles. The lowest BCUT2D eigenvalue weighted by atomic mass is 10.2. The number of carboxylic acid groups (broad SMARTS) is 1. The molecule has 0 radical (unpaired) electrons. The van der Waals surface area contributed by atoms with Gasteiger partial charge < -0.3 is 25.8 Å². The molecule has 0 rings (SSSR count). The first kappa shape index (κ1) is 16.7. The highest BCUT2D eigenvalue weighted by atomic mass is 16.5. The fourth-order valence-corrected chi connectivity index (χ4v) is 1.19. The Morgan fingerprint density at radius 2 is 1.95 bits per heavy atom. The highest BCUT2D eigenvalue weighted by molar-refractivity contribution is 5.88. The van der Waals surface area contributed by atoms with Gasteiger partial charge in [-0.3, -0.25) is 9.59 Å². The van der Waals surface area contributed by atoms with Crippen LogP contribution in [0, 0.1) is 0 Å². The summed E-state index contributed by atoms with van der Waals surface area (Å²) in [4.78, 5) is 45.3. The number of nitrogens with one attached hydrogen (secondary N) is 1. The number of ether oxygens (including phenoxy) is 1. The molecule has 1 unspecified atom stereocenters. The summed E-state index contributed by atoms with van der Waals surface area (Å²) in [5, 5.41) is 10.9. The second-order valence-corrected chi connectivity index (χ2v) is 3.60. The van der Waals surface area contributed by atoms with Crippen LogP contribution in [0.3, 0.4) is 0 Å². The number of carbonyl (C=O) groups excluding carboxylic acids is 3. The third-order valence-electron chi connectivity index (χ3n) is 2.22. The standard InChI is InChI=1S/C10H17N3O6/c1-3-13(5-8(15)19-2)10(18)12-6(9(16)17)4-7(11)14/h6H,3-5H2,1-2H3,(H2,11,14)(H,12,18)(H,16,17). The summed E-state index contributed by atoms with van der Waals surface area (Å²) < 4.78 is 4.40. The van der Waals surface area contributed by atoms with Crippen molar-refractivity contribution in [3.05, 3.63) is 0 Å². The van der Waals surface area contributed by atoms with E-state index in [1.54, 1.807) is 6.92 Å². The molecule has 19 heavy (non-hydrogen) atoms. The zero-order chi connectivity index (χ0) is 15.0. The van der Waals surface area contributed by atoms with Crippen molar-refractivity contribution in [3.63, 3.8) is 0 Å². The van der Waals surface area contributed by atoms with Gasteiger partial charge in [-0.2, -0.15) is 0 Å². The van der Waals surface area contributed by atoms with Gasteiger partial charge in [0, 0.05) is 6.54 Å². The van der Waals surface area contributed by atoms with E-state index in [0.717, 1.165) is 4.90 Å². The van der Waals surface area contributed by atoms with Crippen molar-refractivity contribution in [2.75, 3.05) is 20.2 Å². The first-order chi connectivity index (χ1) is 8.81. The minimum Gasteiger partial charge on any atom is -0.480 e. The number of carboxylic acids is 1. The zero-order valence-electron chi connectivity index (χ0n) is 10.7. The van der Waals surface area contributed by atoms with Gasteiger partial charge in [0.25, 0.3) is 0 Å². The largest absolute Gasteiger partial charge is 0.480 e. The van der Waals surface area contributed by atoms with Crippen molar-refractivity contribution in [1.29, 1.82) is 0 Å². The number of hydrogen-bond acceptors (Lipinski definition) is 5. The number of aliphatic carboxylic acids is 1. The third kappa shape index (κ3) is 6.24. The van der Waals surface area contributed by atoms with Crippen molar-refractivity contribution >= 4 is 23.9 Å². The molecule has 0 spiro atoms. The summed E-state index contributed by atoms with van der Waals surface area (Å²) in [5.74, 6) is -2.89. The SMILES string of the molecule is CCN(CC(=O)OC)C(=O)NC(CC(N)=O)C(=O)O. The van der Waals surface area contributed by atoms with Crippen LogP contribution in [0.4, 0.5) is 4.79 Å². The molecule has 0 aromatic carbocycles. The van der Waals surface area contributed by atoms with E-state index in [9.17, 15) is 19.2 Å². The molecule has 1 atom stereocenters. The van der Waals surface area contributed by atoms with Crippen molar-refractivity contribution < 1.29 is 29.0 Å². The molecule has 4 N–H and O–H groups in total. The van der Waals surface area contributed by atoms with E-state index in [-0.39, 0.29) is 13.1 Å². The lowest BCUT2D eigenvalue weighted by Crippen LogP contribution is -2.50. The number of likely N-dealkylation sites (N-methyl/N-ethyl adjacent to an activating group) is 1. The average Bonchev–Trinajstić information content (AvgIpc) is 2.33. The van der Waals surface area contributed by atoms with E-state index in [0.29, 0.717) is 0 Å². The lowest BCUT2D eigenvalue weighted by Gasteiger charge is -2.22. The third-order valence-corrected chi connectivity index (χ3v) is 2.22. The van der Waals surface area contributed by atoms with Gasteiger partial charge >= 0.3 is 18.0 Å². The van der Waals surface area contributed by atoms with Crippen molar-refractivity contribution in [2.24, 2.45) is 5.73 Å². The monoisotopic (exact) mass is 275 g/mol. The van der Waals surface area contributed by atoms with Crippen LogP contribution in [0.2, 0.25) is 0 Å². The molecule has 0 aromatic rings. The molecule has 0 saturated heterocycles. The van der Waals surface area contributed by atoms with E-state index < -0.39 is 36.3 Å². The second kappa shape index (κ2) is 7.90. The molecule has 108 valence electrons. The molecule has 0 fully saturated rings. The predicted molar refractivity (Wildman–Crippen MR) is 63.0 cm³/mol.